The first-order valence-electron chi connectivity index (χ1n) is 6.84. The van der Waals surface area contributed by atoms with E-state index >= 15 is 0 Å². The van der Waals surface area contributed by atoms with Crippen LogP contribution in [-0.2, 0) is 0 Å². The summed E-state index contributed by atoms with van der Waals surface area (Å²) in [6.07, 6.45) is -3.42. The highest BCUT2D eigenvalue weighted by atomic mass is 19.4. The lowest BCUT2D eigenvalue weighted by Crippen LogP contribution is -2.27. The van der Waals surface area contributed by atoms with Gasteiger partial charge in [-0.15, -0.1) is 0 Å². The van der Waals surface area contributed by atoms with E-state index in [4.69, 9.17) is 4.74 Å². The van der Waals surface area contributed by atoms with Gasteiger partial charge in [0, 0.05) is 12.5 Å². The second-order valence-corrected chi connectivity index (χ2v) is 4.95. The maximum absolute atomic E-state index is 12.1. The van der Waals surface area contributed by atoms with Gasteiger partial charge < -0.3 is 10.1 Å². The average molecular weight is 289 g/mol. The van der Waals surface area contributed by atoms with E-state index in [9.17, 15) is 13.2 Å². The van der Waals surface area contributed by atoms with Gasteiger partial charge in [0.2, 0.25) is 0 Å². The second kappa shape index (κ2) is 8.15. The Morgan fingerprint density at radius 2 is 2.00 bits per heavy atom. The second-order valence-electron chi connectivity index (χ2n) is 4.95. The van der Waals surface area contributed by atoms with Crippen molar-refractivity contribution in [1.82, 2.24) is 5.32 Å². The molecular formula is C15H22F3NO. The van der Waals surface area contributed by atoms with Gasteiger partial charge in [0.05, 0.1) is 6.61 Å². The summed E-state index contributed by atoms with van der Waals surface area (Å²) >= 11 is 0. The zero-order valence-electron chi connectivity index (χ0n) is 12.0. The van der Waals surface area contributed by atoms with E-state index in [-0.39, 0.29) is 12.5 Å². The van der Waals surface area contributed by atoms with Crippen molar-refractivity contribution in [1.29, 1.82) is 0 Å². The number of benzene rings is 1. The van der Waals surface area contributed by atoms with Crippen LogP contribution in [0.25, 0.3) is 0 Å². The largest absolute Gasteiger partial charge is 0.494 e. The maximum Gasteiger partial charge on any atom is 0.389 e. The number of alkyl halides is 3. The topological polar surface area (TPSA) is 21.3 Å². The van der Waals surface area contributed by atoms with E-state index in [1.807, 2.05) is 31.2 Å². The first kappa shape index (κ1) is 16.8. The van der Waals surface area contributed by atoms with E-state index < -0.39 is 12.6 Å². The molecule has 0 saturated carbocycles. The van der Waals surface area contributed by atoms with Gasteiger partial charge in [-0.05, 0) is 50.9 Å². The van der Waals surface area contributed by atoms with Crippen molar-refractivity contribution >= 4 is 0 Å². The number of halogens is 3. The number of nitrogens with one attached hydrogen (secondary N) is 1. The van der Waals surface area contributed by atoms with Crippen molar-refractivity contribution in [2.75, 3.05) is 13.7 Å². The Morgan fingerprint density at radius 3 is 2.60 bits per heavy atom. The summed E-state index contributed by atoms with van der Waals surface area (Å²) in [5.41, 5.74) is 1.12. The molecule has 20 heavy (non-hydrogen) atoms. The molecule has 0 radical (unpaired) electrons. The van der Waals surface area contributed by atoms with Crippen LogP contribution >= 0.6 is 0 Å². The molecule has 5 heteroatoms. The third kappa shape index (κ3) is 7.38. The minimum absolute atomic E-state index is 0.0576. The van der Waals surface area contributed by atoms with Gasteiger partial charge in [0.15, 0.2) is 0 Å². The van der Waals surface area contributed by atoms with E-state index in [1.165, 1.54) is 0 Å². The minimum Gasteiger partial charge on any atom is -0.494 e. The Labute approximate surface area is 118 Å². The first-order valence-corrected chi connectivity index (χ1v) is 6.84. The molecule has 114 valence electrons. The van der Waals surface area contributed by atoms with Crippen LogP contribution in [0, 0.1) is 6.92 Å². The zero-order chi connectivity index (χ0) is 15.0. The van der Waals surface area contributed by atoms with E-state index in [0.717, 1.165) is 11.3 Å². The molecule has 1 unspecified atom stereocenters. The standard InChI is InChI=1S/C15H22F3NO/c1-12-5-3-7-14(11-12)20-10-8-13(19-2)6-4-9-15(16,17)18/h3,5,7,11,13,19H,4,6,8-10H2,1-2H3. The molecule has 0 aliphatic heterocycles. The average Bonchev–Trinajstić information content (AvgIpc) is 2.35. The summed E-state index contributed by atoms with van der Waals surface area (Å²) in [7, 11) is 1.77. The number of hydrogen-bond donors (Lipinski definition) is 1. The first-order chi connectivity index (χ1) is 9.40. The fraction of sp³-hybridized carbons (Fsp3) is 0.600. The van der Waals surface area contributed by atoms with Crippen LogP contribution in [0.3, 0.4) is 0 Å². The highest BCUT2D eigenvalue weighted by Crippen LogP contribution is 2.23. The highest BCUT2D eigenvalue weighted by molar-refractivity contribution is 5.27. The molecule has 0 saturated heterocycles. The van der Waals surface area contributed by atoms with Gasteiger partial charge in [-0.25, -0.2) is 0 Å². The highest BCUT2D eigenvalue weighted by Gasteiger charge is 2.26. The van der Waals surface area contributed by atoms with Crippen molar-refractivity contribution in [2.24, 2.45) is 0 Å². The van der Waals surface area contributed by atoms with Crippen molar-refractivity contribution < 1.29 is 17.9 Å². The Kier molecular flexibility index (Phi) is 6.85. The normalized spacial score (nSPS) is 13.2. The van der Waals surface area contributed by atoms with Crippen LogP contribution in [0.4, 0.5) is 13.2 Å². The van der Waals surface area contributed by atoms with Gasteiger partial charge in [0.1, 0.15) is 5.75 Å². The van der Waals surface area contributed by atoms with Crippen LogP contribution in [0.5, 0.6) is 5.75 Å². The Balaban J connectivity index is 2.24. The van der Waals surface area contributed by atoms with E-state index in [1.54, 1.807) is 7.05 Å². The summed E-state index contributed by atoms with van der Waals surface area (Å²) in [6, 6.07) is 7.79. The van der Waals surface area contributed by atoms with Crippen molar-refractivity contribution in [2.45, 2.75) is 44.8 Å². The summed E-state index contributed by atoms with van der Waals surface area (Å²) in [6.45, 7) is 2.49. The molecule has 0 heterocycles. The third-order valence-electron chi connectivity index (χ3n) is 3.15. The third-order valence-corrected chi connectivity index (χ3v) is 3.15. The molecule has 1 atom stereocenters. The van der Waals surface area contributed by atoms with Crippen LogP contribution in [0.2, 0.25) is 0 Å². The molecule has 1 aromatic rings. The molecule has 1 N–H and O–H groups in total. The van der Waals surface area contributed by atoms with Gasteiger partial charge in [-0.2, -0.15) is 13.2 Å². The van der Waals surface area contributed by atoms with Crippen molar-refractivity contribution in [3.63, 3.8) is 0 Å². The molecule has 0 spiro atoms. The smallest absolute Gasteiger partial charge is 0.389 e. The fourth-order valence-corrected chi connectivity index (χ4v) is 2.01. The lowest BCUT2D eigenvalue weighted by atomic mass is 10.1. The molecule has 1 aromatic carbocycles. The molecular weight excluding hydrogens is 267 g/mol. The molecule has 0 amide bonds. The predicted octanol–water partition coefficient (Wildman–Crippen LogP) is 4.08. The molecule has 0 bridgehead atoms. The van der Waals surface area contributed by atoms with E-state index in [0.29, 0.717) is 19.4 Å². The monoisotopic (exact) mass is 289 g/mol. The van der Waals surface area contributed by atoms with Crippen molar-refractivity contribution in [3.05, 3.63) is 29.8 Å². The molecule has 2 nitrogen and oxygen atoms in total. The molecule has 0 aliphatic carbocycles. The Morgan fingerprint density at radius 1 is 1.25 bits per heavy atom. The molecule has 0 aromatic heterocycles. The van der Waals surface area contributed by atoms with Gasteiger partial charge in [-0.3, -0.25) is 0 Å². The van der Waals surface area contributed by atoms with Crippen LogP contribution < -0.4 is 10.1 Å². The SMILES string of the molecule is CNC(CCCC(F)(F)F)CCOc1cccc(C)c1. The van der Waals surface area contributed by atoms with Gasteiger partial charge in [-0.1, -0.05) is 12.1 Å². The van der Waals surface area contributed by atoms with E-state index in [2.05, 4.69) is 5.32 Å². The summed E-state index contributed by atoms with van der Waals surface area (Å²) < 4.78 is 41.8. The zero-order valence-corrected chi connectivity index (χ0v) is 12.0. The number of ether oxygens (including phenoxy) is 1. The number of aryl methyl sites for hydroxylation is 1. The Hall–Kier alpha value is -1.23. The number of rotatable bonds is 8. The quantitative estimate of drug-likeness (QED) is 0.778. The Bertz CT molecular complexity index is 393. The fourth-order valence-electron chi connectivity index (χ4n) is 2.01. The van der Waals surface area contributed by atoms with Gasteiger partial charge in [0.25, 0.3) is 0 Å². The molecule has 0 fully saturated rings. The van der Waals surface area contributed by atoms with Gasteiger partial charge >= 0.3 is 6.18 Å². The minimum atomic E-state index is -4.06. The maximum atomic E-state index is 12.1. The summed E-state index contributed by atoms with van der Waals surface area (Å²) in [5.74, 6) is 0.801. The van der Waals surface area contributed by atoms with Crippen LogP contribution in [0.15, 0.2) is 24.3 Å². The van der Waals surface area contributed by atoms with Crippen molar-refractivity contribution in [3.8, 4) is 5.75 Å². The van der Waals surface area contributed by atoms with Crippen LogP contribution in [0.1, 0.15) is 31.2 Å². The number of hydrogen-bond acceptors (Lipinski definition) is 2. The lowest BCUT2D eigenvalue weighted by Gasteiger charge is -2.17. The van der Waals surface area contributed by atoms with Crippen LogP contribution in [-0.4, -0.2) is 25.9 Å². The lowest BCUT2D eigenvalue weighted by molar-refractivity contribution is -0.135. The molecule has 1 rings (SSSR count). The predicted molar refractivity (Wildman–Crippen MR) is 74.0 cm³/mol. The molecule has 0 aliphatic rings. The summed E-state index contributed by atoms with van der Waals surface area (Å²) in [5, 5.41) is 3.04. The summed E-state index contributed by atoms with van der Waals surface area (Å²) in [4.78, 5) is 0.